The molecule has 7 heteroatoms. The van der Waals surface area contributed by atoms with Crippen LogP contribution in [-0.2, 0) is 17.7 Å². The van der Waals surface area contributed by atoms with Gasteiger partial charge in [0.1, 0.15) is 11.3 Å². The highest BCUT2D eigenvalue weighted by Gasteiger charge is 2.16. The van der Waals surface area contributed by atoms with E-state index in [1.807, 2.05) is 51.1 Å². The second-order valence-corrected chi connectivity index (χ2v) is 7.42. The minimum absolute atomic E-state index is 0.202. The molecular formula is C18H23N3O3S. The number of nitrogens with zero attached hydrogens (tertiary/aromatic N) is 1. The molecule has 134 valence electrons. The molecule has 0 fully saturated rings. The fourth-order valence-corrected chi connectivity index (χ4v) is 2.76. The molecule has 0 spiro atoms. The Morgan fingerprint density at radius 2 is 1.88 bits per heavy atom. The molecule has 2 aromatic rings. The van der Waals surface area contributed by atoms with E-state index in [4.69, 9.17) is 4.74 Å². The van der Waals surface area contributed by atoms with Crippen molar-refractivity contribution >= 4 is 23.3 Å². The van der Waals surface area contributed by atoms with Gasteiger partial charge in [-0.1, -0.05) is 30.3 Å². The van der Waals surface area contributed by atoms with Crippen LogP contribution in [0, 0.1) is 0 Å². The van der Waals surface area contributed by atoms with Gasteiger partial charge in [-0.25, -0.2) is 9.78 Å². The van der Waals surface area contributed by atoms with Crippen molar-refractivity contribution < 1.29 is 14.3 Å². The molecule has 25 heavy (non-hydrogen) atoms. The number of hydrogen-bond acceptors (Lipinski definition) is 5. The van der Waals surface area contributed by atoms with Crippen LogP contribution in [0.4, 0.5) is 4.79 Å². The minimum atomic E-state index is -0.519. The molecule has 2 rings (SSSR count). The largest absolute Gasteiger partial charge is 0.444 e. The van der Waals surface area contributed by atoms with Crippen LogP contribution in [0.3, 0.4) is 0 Å². The summed E-state index contributed by atoms with van der Waals surface area (Å²) in [6.07, 6.45) is 0.0977. The van der Waals surface area contributed by atoms with Gasteiger partial charge in [-0.3, -0.25) is 4.79 Å². The van der Waals surface area contributed by atoms with Crippen molar-refractivity contribution in [2.24, 2.45) is 0 Å². The molecule has 0 saturated heterocycles. The summed E-state index contributed by atoms with van der Waals surface area (Å²) in [5.74, 6) is -0.202. The summed E-state index contributed by atoms with van der Waals surface area (Å²) in [5.41, 5.74) is 0.913. The van der Waals surface area contributed by atoms with E-state index in [0.717, 1.165) is 10.6 Å². The van der Waals surface area contributed by atoms with E-state index in [-0.39, 0.29) is 5.91 Å². The number of carbonyl (C=O) groups is 2. The number of carbonyl (C=O) groups excluding carboxylic acids is 2. The van der Waals surface area contributed by atoms with Crippen molar-refractivity contribution in [3.63, 3.8) is 0 Å². The fraction of sp³-hybridized carbons (Fsp3) is 0.389. The maximum atomic E-state index is 12.1. The van der Waals surface area contributed by atoms with Crippen LogP contribution in [0.25, 0.3) is 0 Å². The summed E-state index contributed by atoms with van der Waals surface area (Å²) in [7, 11) is 0. The molecule has 0 bridgehead atoms. The number of alkyl carbamates (subject to hydrolysis) is 1. The highest BCUT2D eigenvalue weighted by molar-refractivity contribution is 7.09. The van der Waals surface area contributed by atoms with E-state index in [1.165, 1.54) is 11.3 Å². The Kier molecular flexibility index (Phi) is 6.52. The molecule has 0 aliphatic carbocycles. The first kappa shape index (κ1) is 18.9. The maximum Gasteiger partial charge on any atom is 0.407 e. The normalized spacial score (nSPS) is 11.0. The van der Waals surface area contributed by atoms with E-state index in [1.54, 1.807) is 5.38 Å². The van der Waals surface area contributed by atoms with Crippen LogP contribution < -0.4 is 10.6 Å². The molecule has 1 aromatic carbocycles. The van der Waals surface area contributed by atoms with Gasteiger partial charge in [0.15, 0.2) is 0 Å². The predicted molar refractivity (Wildman–Crippen MR) is 97.7 cm³/mol. The van der Waals surface area contributed by atoms with Crippen LogP contribution in [0.2, 0.25) is 0 Å². The average Bonchev–Trinajstić information content (AvgIpc) is 3.01. The van der Waals surface area contributed by atoms with Crippen molar-refractivity contribution in [2.45, 2.75) is 39.3 Å². The Hall–Kier alpha value is -2.41. The summed E-state index contributed by atoms with van der Waals surface area (Å²) in [6, 6.07) is 9.70. The first-order valence-corrected chi connectivity index (χ1v) is 8.95. The third kappa shape index (κ3) is 6.93. The van der Waals surface area contributed by atoms with E-state index in [9.17, 15) is 9.59 Å². The van der Waals surface area contributed by atoms with Crippen molar-refractivity contribution in [1.29, 1.82) is 0 Å². The van der Waals surface area contributed by atoms with Gasteiger partial charge in [0, 0.05) is 24.9 Å². The topological polar surface area (TPSA) is 80.3 Å². The monoisotopic (exact) mass is 361 g/mol. The lowest BCUT2D eigenvalue weighted by Gasteiger charge is -2.19. The first-order valence-electron chi connectivity index (χ1n) is 8.07. The third-order valence-electron chi connectivity index (χ3n) is 3.09. The molecule has 1 heterocycles. The van der Waals surface area contributed by atoms with Crippen LogP contribution in [0.5, 0.6) is 0 Å². The molecular weight excluding hydrogens is 338 g/mol. The Labute approximate surface area is 151 Å². The van der Waals surface area contributed by atoms with E-state index < -0.39 is 11.7 Å². The molecule has 1 aromatic heterocycles. The molecule has 6 nitrogen and oxygen atoms in total. The van der Waals surface area contributed by atoms with Gasteiger partial charge < -0.3 is 15.4 Å². The van der Waals surface area contributed by atoms with Crippen molar-refractivity contribution in [1.82, 2.24) is 15.6 Å². The molecule has 0 unspecified atom stereocenters. The number of rotatable bonds is 6. The van der Waals surface area contributed by atoms with E-state index in [0.29, 0.717) is 25.2 Å². The first-order chi connectivity index (χ1) is 11.8. The number of amides is 2. The van der Waals surface area contributed by atoms with Crippen molar-refractivity contribution in [3.05, 3.63) is 52.0 Å². The van der Waals surface area contributed by atoms with Gasteiger partial charge in [0.05, 0.1) is 5.01 Å². The zero-order chi connectivity index (χ0) is 18.3. The number of nitrogens with one attached hydrogen (secondary N) is 2. The predicted octanol–water partition coefficient (Wildman–Crippen LogP) is 3.14. The number of benzene rings is 1. The molecule has 0 aliphatic heterocycles. The lowest BCUT2D eigenvalue weighted by Crippen LogP contribution is -2.33. The number of hydrogen-bond donors (Lipinski definition) is 2. The molecule has 2 amide bonds. The Balaban J connectivity index is 1.75. The van der Waals surface area contributed by atoms with E-state index in [2.05, 4.69) is 15.6 Å². The molecule has 0 aliphatic rings. The number of thiazole rings is 1. The van der Waals surface area contributed by atoms with Gasteiger partial charge in [0.2, 0.25) is 0 Å². The summed E-state index contributed by atoms with van der Waals surface area (Å²) in [5, 5.41) is 8.04. The zero-order valence-electron chi connectivity index (χ0n) is 14.7. The zero-order valence-corrected chi connectivity index (χ0v) is 15.5. The van der Waals surface area contributed by atoms with Gasteiger partial charge in [0.25, 0.3) is 5.91 Å². The van der Waals surface area contributed by atoms with Gasteiger partial charge in [-0.05, 0) is 26.3 Å². The van der Waals surface area contributed by atoms with E-state index >= 15 is 0 Å². The van der Waals surface area contributed by atoms with Crippen LogP contribution >= 0.6 is 11.3 Å². The van der Waals surface area contributed by atoms with Crippen molar-refractivity contribution in [3.8, 4) is 0 Å². The third-order valence-corrected chi connectivity index (χ3v) is 4.00. The van der Waals surface area contributed by atoms with Gasteiger partial charge >= 0.3 is 6.09 Å². The number of ether oxygens (including phenoxy) is 1. The highest BCUT2D eigenvalue weighted by Crippen LogP contribution is 2.11. The Morgan fingerprint density at radius 1 is 1.16 bits per heavy atom. The summed E-state index contributed by atoms with van der Waals surface area (Å²) >= 11 is 1.40. The molecule has 0 saturated carbocycles. The standard InChI is InChI=1S/C18H23N3O3S/c1-18(2,3)24-17(23)19-10-9-15-21-14(12-25-15)16(22)20-11-13-7-5-4-6-8-13/h4-8,12H,9-11H2,1-3H3,(H,19,23)(H,20,22). The smallest absolute Gasteiger partial charge is 0.407 e. The van der Waals surface area contributed by atoms with Crippen LogP contribution in [-0.4, -0.2) is 29.1 Å². The van der Waals surface area contributed by atoms with Crippen molar-refractivity contribution in [2.75, 3.05) is 6.54 Å². The summed E-state index contributed by atoms with van der Waals surface area (Å²) in [6.45, 7) is 6.31. The van der Waals surface area contributed by atoms with Crippen LogP contribution in [0.15, 0.2) is 35.7 Å². The highest BCUT2D eigenvalue weighted by atomic mass is 32.1. The lowest BCUT2D eigenvalue weighted by atomic mass is 10.2. The summed E-state index contributed by atoms with van der Waals surface area (Å²) in [4.78, 5) is 28.0. The lowest BCUT2D eigenvalue weighted by molar-refractivity contribution is 0.0528. The molecule has 0 radical (unpaired) electrons. The quantitative estimate of drug-likeness (QED) is 0.828. The number of aromatic nitrogens is 1. The van der Waals surface area contributed by atoms with Gasteiger partial charge in [-0.2, -0.15) is 0 Å². The van der Waals surface area contributed by atoms with Crippen LogP contribution in [0.1, 0.15) is 41.8 Å². The molecule has 2 N–H and O–H groups in total. The second-order valence-electron chi connectivity index (χ2n) is 6.47. The van der Waals surface area contributed by atoms with Gasteiger partial charge in [-0.15, -0.1) is 11.3 Å². The SMILES string of the molecule is CC(C)(C)OC(=O)NCCc1nc(C(=O)NCc2ccccc2)cs1. The second kappa shape index (κ2) is 8.62. The fourth-order valence-electron chi connectivity index (χ4n) is 1.98. The average molecular weight is 361 g/mol. The Bertz CT molecular complexity index is 708. The molecule has 0 atom stereocenters. The maximum absolute atomic E-state index is 12.1. The summed E-state index contributed by atoms with van der Waals surface area (Å²) < 4.78 is 5.16. The minimum Gasteiger partial charge on any atom is -0.444 e. The Morgan fingerprint density at radius 3 is 2.56 bits per heavy atom.